The minimum atomic E-state index is -0.275. The highest BCUT2D eigenvalue weighted by atomic mass is 16.2. The molecule has 0 unspecified atom stereocenters. The Morgan fingerprint density at radius 1 is 1.14 bits per heavy atom. The first-order valence-corrected chi connectivity index (χ1v) is 10.1. The minimum Gasteiger partial charge on any atom is -0.352 e. The Kier molecular flexibility index (Phi) is 4.98. The monoisotopic (exact) mass is 394 g/mol. The van der Waals surface area contributed by atoms with Gasteiger partial charge in [0.1, 0.15) is 0 Å². The molecule has 0 saturated carbocycles. The van der Waals surface area contributed by atoms with Crippen LogP contribution in [0.4, 0.5) is 0 Å². The van der Waals surface area contributed by atoms with E-state index in [2.05, 4.69) is 10.3 Å². The van der Waals surface area contributed by atoms with Crippen LogP contribution in [0, 0.1) is 0 Å². The van der Waals surface area contributed by atoms with Crippen molar-refractivity contribution in [3.05, 3.63) is 42.1 Å². The maximum atomic E-state index is 13.0. The molecule has 4 rings (SSSR count). The first-order valence-electron chi connectivity index (χ1n) is 10.1. The van der Waals surface area contributed by atoms with Gasteiger partial charge in [0.25, 0.3) is 5.91 Å². The van der Waals surface area contributed by atoms with E-state index in [1.807, 2.05) is 40.1 Å². The Morgan fingerprint density at radius 3 is 2.59 bits per heavy atom. The van der Waals surface area contributed by atoms with Crippen LogP contribution in [0.25, 0.3) is 10.9 Å². The summed E-state index contributed by atoms with van der Waals surface area (Å²) in [6.45, 7) is 4.82. The van der Waals surface area contributed by atoms with E-state index in [1.165, 1.54) is 6.92 Å². The van der Waals surface area contributed by atoms with E-state index in [-0.39, 0.29) is 29.3 Å². The summed E-state index contributed by atoms with van der Waals surface area (Å²) in [4.78, 5) is 44.8. The Morgan fingerprint density at radius 2 is 1.90 bits per heavy atom. The summed E-state index contributed by atoms with van der Waals surface area (Å²) in [6.07, 6.45) is 3.94. The molecule has 2 aromatic rings. The molecule has 7 heteroatoms. The topological polar surface area (TPSA) is 82.6 Å². The van der Waals surface area contributed by atoms with Crippen LogP contribution in [0.1, 0.15) is 43.5 Å². The van der Waals surface area contributed by atoms with Crippen LogP contribution in [0.3, 0.4) is 0 Å². The molecular weight excluding hydrogens is 368 g/mol. The maximum absolute atomic E-state index is 13.0. The highest BCUT2D eigenvalue weighted by Gasteiger charge is 2.49. The molecule has 3 heterocycles. The molecule has 0 aliphatic carbocycles. The Hall–Kier alpha value is -2.96. The van der Waals surface area contributed by atoms with Crippen LogP contribution in [-0.2, 0) is 9.59 Å². The standard InChI is InChI=1S/C22H26N4O3/c1-15(27)24-19-13-22(26(14-19)16(2)28)7-10-25(11-8-22)21(29)18-5-6-20-17(12-18)4-3-9-23-20/h3-6,9,12,19H,7-8,10-11,13-14H2,1-2H3,(H,24,27)/t19-/m1/s1. The number of hydrogen-bond acceptors (Lipinski definition) is 4. The molecule has 2 aliphatic rings. The second kappa shape index (κ2) is 7.46. The van der Waals surface area contributed by atoms with Gasteiger partial charge in [-0.15, -0.1) is 0 Å². The molecule has 1 spiro atoms. The lowest BCUT2D eigenvalue weighted by atomic mass is 9.83. The average molecular weight is 394 g/mol. The molecular formula is C22H26N4O3. The van der Waals surface area contributed by atoms with Gasteiger partial charge in [0.15, 0.2) is 0 Å². The lowest BCUT2D eigenvalue weighted by Gasteiger charge is -2.44. The van der Waals surface area contributed by atoms with Crippen molar-refractivity contribution >= 4 is 28.6 Å². The summed E-state index contributed by atoms with van der Waals surface area (Å²) < 4.78 is 0. The highest BCUT2D eigenvalue weighted by Crippen LogP contribution is 2.39. The number of pyridine rings is 1. The summed E-state index contributed by atoms with van der Waals surface area (Å²) in [6, 6.07) is 9.39. The maximum Gasteiger partial charge on any atom is 0.253 e. The van der Waals surface area contributed by atoms with E-state index in [4.69, 9.17) is 0 Å². The Balaban J connectivity index is 1.48. The van der Waals surface area contributed by atoms with Gasteiger partial charge in [-0.05, 0) is 43.5 Å². The van der Waals surface area contributed by atoms with Crippen LogP contribution in [-0.4, -0.2) is 63.7 Å². The Bertz CT molecular complexity index is 965. The first kappa shape index (κ1) is 19.4. The number of hydrogen-bond donors (Lipinski definition) is 1. The number of aromatic nitrogens is 1. The van der Waals surface area contributed by atoms with E-state index in [0.29, 0.717) is 25.2 Å². The molecule has 2 fully saturated rings. The van der Waals surface area contributed by atoms with Gasteiger partial charge in [0.2, 0.25) is 11.8 Å². The molecule has 0 radical (unpaired) electrons. The second-order valence-electron chi connectivity index (χ2n) is 8.16. The number of rotatable bonds is 2. The van der Waals surface area contributed by atoms with Gasteiger partial charge in [-0.1, -0.05) is 6.07 Å². The predicted octanol–water partition coefficient (Wildman–Crippen LogP) is 1.97. The summed E-state index contributed by atoms with van der Waals surface area (Å²) in [5.74, 6) is -0.0370. The number of benzene rings is 1. The SMILES string of the molecule is CC(=O)N[C@H]1CN(C(C)=O)C2(CCN(C(=O)c3ccc4ncccc4c3)CC2)C1. The zero-order valence-corrected chi connectivity index (χ0v) is 16.9. The van der Waals surface area contributed by atoms with Gasteiger partial charge in [0, 0.05) is 62.2 Å². The van der Waals surface area contributed by atoms with Gasteiger partial charge in [-0.25, -0.2) is 0 Å². The summed E-state index contributed by atoms with van der Waals surface area (Å²) in [5.41, 5.74) is 1.25. The second-order valence-corrected chi connectivity index (χ2v) is 8.16. The number of nitrogens with zero attached hydrogens (tertiary/aromatic N) is 3. The Labute approximate surface area is 170 Å². The number of amides is 3. The summed E-state index contributed by atoms with van der Waals surface area (Å²) >= 11 is 0. The van der Waals surface area contributed by atoms with Gasteiger partial charge in [-0.2, -0.15) is 0 Å². The van der Waals surface area contributed by atoms with Crippen molar-refractivity contribution in [2.75, 3.05) is 19.6 Å². The molecule has 1 aromatic heterocycles. The fourth-order valence-electron chi connectivity index (χ4n) is 4.89. The van der Waals surface area contributed by atoms with Gasteiger partial charge < -0.3 is 15.1 Å². The minimum absolute atomic E-state index is 0.0105. The zero-order valence-electron chi connectivity index (χ0n) is 16.9. The van der Waals surface area contributed by atoms with Crippen molar-refractivity contribution in [3.8, 4) is 0 Å². The van der Waals surface area contributed by atoms with Gasteiger partial charge >= 0.3 is 0 Å². The number of fused-ring (bicyclic) bond motifs is 1. The number of nitrogens with one attached hydrogen (secondary N) is 1. The average Bonchev–Trinajstić information content (AvgIpc) is 3.04. The largest absolute Gasteiger partial charge is 0.352 e. The van der Waals surface area contributed by atoms with Crippen LogP contribution in [0.2, 0.25) is 0 Å². The number of likely N-dealkylation sites (tertiary alicyclic amines) is 2. The number of carbonyl (C=O) groups excluding carboxylic acids is 3. The van der Waals surface area contributed by atoms with Crippen molar-refractivity contribution < 1.29 is 14.4 Å². The van der Waals surface area contributed by atoms with E-state index >= 15 is 0 Å². The molecule has 29 heavy (non-hydrogen) atoms. The van der Waals surface area contributed by atoms with E-state index < -0.39 is 0 Å². The summed E-state index contributed by atoms with van der Waals surface area (Å²) in [5, 5.41) is 3.90. The van der Waals surface area contributed by atoms with Crippen molar-refractivity contribution in [3.63, 3.8) is 0 Å². The molecule has 152 valence electrons. The van der Waals surface area contributed by atoms with Crippen LogP contribution >= 0.6 is 0 Å². The molecule has 0 bridgehead atoms. The lowest BCUT2D eigenvalue weighted by Crippen LogP contribution is -2.54. The molecule has 3 amide bonds. The first-order chi connectivity index (χ1) is 13.9. The van der Waals surface area contributed by atoms with Crippen molar-refractivity contribution in [2.45, 2.75) is 44.7 Å². The van der Waals surface area contributed by atoms with E-state index in [0.717, 1.165) is 30.2 Å². The lowest BCUT2D eigenvalue weighted by molar-refractivity contribution is -0.134. The third-order valence-electron chi connectivity index (χ3n) is 6.22. The number of piperidine rings is 1. The molecule has 7 nitrogen and oxygen atoms in total. The van der Waals surface area contributed by atoms with Crippen LogP contribution < -0.4 is 5.32 Å². The fraction of sp³-hybridized carbons (Fsp3) is 0.455. The van der Waals surface area contributed by atoms with E-state index in [1.54, 1.807) is 13.1 Å². The normalized spacial score (nSPS) is 20.8. The molecule has 1 N–H and O–H groups in total. The van der Waals surface area contributed by atoms with Crippen LogP contribution in [0.15, 0.2) is 36.5 Å². The van der Waals surface area contributed by atoms with Crippen molar-refractivity contribution in [2.24, 2.45) is 0 Å². The molecule has 1 aromatic carbocycles. The van der Waals surface area contributed by atoms with Crippen LogP contribution in [0.5, 0.6) is 0 Å². The van der Waals surface area contributed by atoms with E-state index in [9.17, 15) is 14.4 Å². The van der Waals surface area contributed by atoms with Crippen molar-refractivity contribution in [1.82, 2.24) is 20.1 Å². The molecule has 2 aliphatic heterocycles. The van der Waals surface area contributed by atoms with Crippen molar-refractivity contribution in [1.29, 1.82) is 0 Å². The number of carbonyl (C=O) groups is 3. The smallest absolute Gasteiger partial charge is 0.253 e. The summed E-state index contributed by atoms with van der Waals surface area (Å²) in [7, 11) is 0. The van der Waals surface area contributed by atoms with Gasteiger partial charge in [-0.3, -0.25) is 19.4 Å². The highest BCUT2D eigenvalue weighted by molar-refractivity contribution is 5.98. The third kappa shape index (κ3) is 3.69. The molecule has 2 saturated heterocycles. The predicted molar refractivity (Wildman–Crippen MR) is 109 cm³/mol. The molecule has 1 atom stereocenters. The zero-order chi connectivity index (χ0) is 20.6. The third-order valence-corrected chi connectivity index (χ3v) is 6.22. The van der Waals surface area contributed by atoms with Gasteiger partial charge in [0.05, 0.1) is 5.52 Å². The quantitative estimate of drug-likeness (QED) is 0.844. The fourth-order valence-corrected chi connectivity index (χ4v) is 4.89.